The molecule has 0 N–H and O–H groups in total. The fourth-order valence-corrected chi connectivity index (χ4v) is 3.63. The monoisotopic (exact) mass is 281 g/mol. The Morgan fingerprint density at radius 3 is 2.28 bits per heavy atom. The van der Waals surface area contributed by atoms with Crippen LogP contribution in [-0.2, 0) is 0 Å². The Labute approximate surface area is 121 Å². The molecule has 1 rings (SSSR count). The van der Waals surface area contributed by atoms with Crippen LogP contribution in [0, 0.1) is 6.07 Å². The van der Waals surface area contributed by atoms with E-state index in [4.69, 9.17) is 0 Å². The first-order valence-corrected chi connectivity index (χ1v) is 9.11. The molecule has 0 aromatic heterocycles. The highest BCUT2D eigenvalue weighted by molar-refractivity contribution is 8.00. The third-order valence-corrected chi connectivity index (χ3v) is 4.89. The zero-order valence-electron chi connectivity index (χ0n) is 11.7. The molecule has 0 saturated carbocycles. The molecule has 0 atom stereocenters. The molecule has 2 heteroatoms. The molecule has 0 amide bonds. The van der Waals surface area contributed by atoms with Gasteiger partial charge in [0.15, 0.2) is 0 Å². The van der Waals surface area contributed by atoms with E-state index in [9.17, 15) is 0 Å². The minimum atomic E-state index is 1.23. The van der Waals surface area contributed by atoms with Crippen LogP contribution in [0.5, 0.6) is 0 Å². The molecule has 0 fully saturated rings. The normalized spacial score (nSPS) is 10.8. The number of thioether (sulfide) groups is 2. The molecule has 0 unspecified atom stereocenters. The van der Waals surface area contributed by atoms with Crippen molar-refractivity contribution in [2.45, 2.75) is 62.2 Å². The topological polar surface area (TPSA) is 0 Å². The zero-order valence-corrected chi connectivity index (χ0v) is 13.3. The SMILES string of the molecule is CCCCCSc1[c]ccc(SCCCCC)c1. The largest absolute Gasteiger partial charge is 0.126 e. The molecular formula is C16H25S2. The minimum absolute atomic E-state index is 1.23. The molecule has 0 bridgehead atoms. The van der Waals surface area contributed by atoms with Crippen LogP contribution >= 0.6 is 23.5 Å². The van der Waals surface area contributed by atoms with Crippen LogP contribution in [0.3, 0.4) is 0 Å². The van der Waals surface area contributed by atoms with Gasteiger partial charge in [0.2, 0.25) is 0 Å². The van der Waals surface area contributed by atoms with Gasteiger partial charge in [-0.1, -0.05) is 45.6 Å². The molecule has 1 aromatic rings. The summed E-state index contributed by atoms with van der Waals surface area (Å²) in [6, 6.07) is 9.90. The molecule has 18 heavy (non-hydrogen) atoms. The van der Waals surface area contributed by atoms with Gasteiger partial charge in [-0.05, 0) is 42.5 Å². The van der Waals surface area contributed by atoms with Crippen molar-refractivity contribution >= 4 is 23.5 Å². The summed E-state index contributed by atoms with van der Waals surface area (Å²) >= 11 is 3.93. The quantitative estimate of drug-likeness (QED) is 0.378. The Balaban J connectivity index is 2.27. The van der Waals surface area contributed by atoms with Crippen molar-refractivity contribution in [1.29, 1.82) is 0 Å². The lowest BCUT2D eigenvalue weighted by Gasteiger charge is -2.04. The first-order chi connectivity index (χ1) is 8.86. The van der Waals surface area contributed by atoms with Crippen LogP contribution in [0.2, 0.25) is 0 Å². The summed E-state index contributed by atoms with van der Waals surface area (Å²) in [5, 5.41) is 0. The highest BCUT2D eigenvalue weighted by Gasteiger charge is 1.98. The molecule has 0 aliphatic heterocycles. The van der Waals surface area contributed by atoms with Crippen molar-refractivity contribution in [2.24, 2.45) is 0 Å². The standard InChI is InChI=1S/C16H25S2/c1-3-5-7-12-17-15-10-9-11-16(14-15)18-13-8-6-4-2/h9-10,14H,3-8,12-13H2,1-2H3. The van der Waals surface area contributed by atoms with E-state index < -0.39 is 0 Å². The average Bonchev–Trinajstić information content (AvgIpc) is 2.40. The van der Waals surface area contributed by atoms with E-state index in [1.807, 2.05) is 23.5 Å². The lowest BCUT2D eigenvalue weighted by Crippen LogP contribution is -1.83. The predicted molar refractivity (Wildman–Crippen MR) is 85.8 cm³/mol. The summed E-state index contributed by atoms with van der Waals surface area (Å²) in [4.78, 5) is 2.72. The van der Waals surface area contributed by atoms with Crippen molar-refractivity contribution in [3.05, 3.63) is 24.3 Å². The number of hydrogen-bond donors (Lipinski definition) is 0. The minimum Gasteiger partial charge on any atom is -0.126 e. The van der Waals surface area contributed by atoms with Crippen molar-refractivity contribution < 1.29 is 0 Å². The van der Waals surface area contributed by atoms with E-state index >= 15 is 0 Å². The number of benzene rings is 1. The Morgan fingerprint density at radius 2 is 1.61 bits per heavy atom. The van der Waals surface area contributed by atoms with Crippen LogP contribution in [-0.4, -0.2) is 11.5 Å². The van der Waals surface area contributed by atoms with Crippen molar-refractivity contribution in [2.75, 3.05) is 11.5 Å². The molecule has 1 aromatic carbocycles. The van der Waals surface area contributed by atoms with Crippen LogP contribution in [0.1, 0.15) is 52.4 Å². The molecular weight excluding hydrogens is 256 g/mol. The number of hydrogen-bond acceptors (Lipinski definition) is 2. The molecule has 0 aliphatic rings. The highest BCUT2D eigenvalue weighted by atomic mass is 32.2. The second kappa shape index (κ2) is 10.8. The third-order valence-electron chi connectivity index (χ3n) is 2.77. The Bertz CT molecular complexity index is 282. The van der Waals surface area contributed by atoms with E-state index in [2.05, 4.69) is 38.1 Å². The number of unbranched alkanes of at least 4 members (excludes halogenated alkanes) is 4. The Morgan fingerprint density at radius 1 is 0.944 bits per heavy atom. The van der Waals surface area contributed by atoms with Crippen LogP contribution in [0.25, 0.3) is 0 Å². The van der Waals surface area contributed by atoms with Gasteiger partial charge < -0.3 is 0 Å². The third kappa shape index (κ3) is 7.38. The van der Waals surface area contributed by atoms with E-state index in [0.29, 0.717) is 0 Å². The summed E-state index contributed by atoms with van der Waals surface area (Å²) < 4.78 is 0. The Kier molecular flexibility index (Phi) is 9.59. The molecule has 0 nitrogen and oxygen atoms in total. The van der Waals surface area contributed by atoms with E-state index in [0.717, 1.165) is 0 Å². The average molecular weight is 282 g/mol. The second-order valence-corrected chi connectivity index (χ2v) is 6.80. The van der Waals surface area contributed by atoms with Crippen molar-refractivity contribution in [1.82, 2.24) is 0 Å². The molecule has 0 heterocycles. The van der Waals surface area contributed by atoms with Crippen LogP contribution < -0.4 is 0 Å². The van der Waals surface area contributed by atoms with Gasteiger partial charge >= 0.3 is 0 Å². The predicted octanol–water partition coefficient (Wildman–Crippen LogP) is 6.05. The van der Waals surface area contributed by atoms with Crippen LogP contribution in [0.4, 0.5) is 0 Å². The van der Waals surface area contributed by atoms with Gasteiger partial charge in [-0.25, -0.2) is 0 Å². The van der Waals surface area contributed by atoms with Gasteiger partial charge in [-0.15, -0.1) is 23.5 Å². The van der Waals surface area contributed by atoms with E-state index in [1.165, 1.54) is 59.8 Å². The molecule has 101 valence electrons. The van der Waals surface area contributed by atoms with Crippen molar-refractivity contribution in [3.8, 4) is 0 Å². The molecule has 1 radical (unpaired) electrons. The zero-order chi connectivity index (χ0) is 13.1. The summed E-state index contributed by atoms with van der Waals surface area (Å²) in [7, 11) is 0. The highest BCUT2D eigenvalue weighted by Crippen LogP contribution is 2.26. The smallest absolute Gasteiger partial charge is 0.0162 e. The van der Waals surface area contributed by atoms with E-state index in [-0.39, 0.29) is 0 Å². The molecule has 0 spiro atoms. The maximum absolute atomic E-state index is 3.34. The maximum atomic E-state index is 3.34. The number of rotatable bonds is 10. The van der Waals surface area contributed by atoms with Gasteiger partial charge in [0.1, 0.15) is 0 Å². The fourth-order valence-electron chi connectivity index (χ4n) is 1.67. The Hall–Kier alpha value is -0.0800. The van der Waals surface area contributed by atoms with Crippen molar-refractivity contribution in [3.63, 3.8) is 0 Å². The first kappa shape index (κ1) is 16.0. The van der Waals surface area contributed by atoms with Crippen LogP contribution in [0.15, 0.2) is 28.0 Å². The van der Waals surface area contributed by atoms with E-state index in [1.54, 1.807) is 0 Å². The maximum Gasteiger partial charge on any atom is 0.0162 e. The summed E-state index contributed by atoms with van der Waals surface area (Å²) in [6.07, 6.45) is 7.96. The fraction of sp³-hybridized carbons (Fsp3) is 0.625. The van der Waals surface area contributed by atoms with Gasteiger partial charge in [0, 0.05) is 9.79 Å². The van der Waals surface area contributed by atoms with Gasteiger partial charge in [-0.3, -0.25) is 0 Å². The molecule has 0 saturated heterocycles. The molecule has 0 aliphatic carbocycles. The van der Waals surface area contributed by atoms with Gasteiger partial charge in [-0.2, -0.15) is 0 Å². The first-order valence-electron chi connectivity index (χ1n) is 7.14. The summed E-state index contributed by atoms with van der Waals surface area (Å²) in [5.41, 5.74) is 0. The summed E-state index contributed by atoms with van der Waals surface area (Å²) in [6.45, 7) is 4.51. The summed E-state index contributed by atoms with van der Waals surface area (Å²) in [5.74, 6) is 2.48. The lowest BCUT2D eigenvalue weighted by atomic mass is 10.3. The lowest BCUT2D eigenvalue weighted by molar-refractivity contribution is 0.778. The van der Waals surface area contributed by atoms with Gasteiger partial charge in [0.25, 0.3) is 0 Å². The van der Waals surface area contributed by atoms with Gasteiger partial charge in [0.05, 0.1) is 0 Å². The second-order valence-electron chi connectivity index (χ2n) is 4.50.